The molecule has 9 heteroatoms. The van der Waals surface area contributed by atoms with Gasteiger partial charge in [0.15, 0.2) is 0 Å². The van der Waals surface area contributed by atoms with Gasteiger partial charge in [0.25, 0.3) is 0 Å². The van der Waals surface area contributed by atoms with Gasteiger partial charge in [-0.2, -0.15) is 0 Å². The fourth-order valence-electron chi connectivity index (χ4n) is 4.13. The molecule has 1 saturated carbocycles. The molecule has 5 rings (SSSR count). The summed E-state index contributed by atoms with van der Waals surface area (Å²) in [5, 5.41) is 8.96. The van der Waals surface area contributed by atoms with E-state index in [2.05, 4.69) is 19.7 Å². The van der Waals surface area contributed by atoms with Gasteiger partial charge in [0.05, 0.1) is 17.2 Å². The molecule has 1 aromatic carbocycles. The zero-order chi connectivity index (χ0) is 21.6. The summed E-state index contributed by atoms with van der Waals surface area (Å²) < 4.78 is 27.5. The van der Waals surface area contributed by atoms with E-state index in [9.17, 15) is 8.42 Å². The third-order valence-electron chi connectivity index (χ3n) is 5.95. The van der Waals surface area contributed by atoms with Gasteiger partial charge in [-0.3, -0.25) is 4.98 Å². The van der Waals surface area contributed by atoms with Crippen LogP contribution in [0.3, 0.4) is 0 Å². The number of benzene rings is 1. The lowest BCUT2D eigenvalue weighted by molar-refractivity contribution is 0.301. The van der Waals surface area contributed by atoms with E-state index >= 15 is 0 Å². The Balaban J connectivity index is 1.50. The highest BCUT2D eigenvalue weighted by Crippen LogP contribution is 2.57. The van der Waals surface area contributed by atoms with Gasteiger partial charge in [-0.15, -0.1) is 0 Å². The number of hydrogen-bond donors (Lipinski definition) is 2. The van der Waals surface area contributed by atoms with Gasteiger partial charge in [-0.25, -0.2) is 23.1 Å². The summed E-state index contributed by atoms with van der Waals surface area (Å²) in [6.07, 6.45) is 7.41. The van der Waals surface area contributed by atoms with Crippen molar-refractivity contribution in [3.63, 3.8) is 0 Å². The Kier molecular flexibility index (Phi) is 4.76. The maximum absolute atomic E-state index is 12.6. The number of nitrogens with one attached hydrogen (secondary N) is 1. The Hall–Kier alpha value is -2.88. The van der Waals surface area contributed by atoms with Crippen LogP contribution in [0.15, 0.2) is 53.8 Å². The summed E-state index contributed by atoms with van der Waals surface area (Å²) in [6.45, 7) is 2.47. The Labute approximate surface area is 181 Å². The standard InChI is InChI=1S/C22H23N5O3S/c1-15-4-7-23-19(10-15)16-12-24-21(25-13-16)27-14-22(5-6-22)18-3-2-17(11-20(18)27)31(29,30)26-8-9-28/h2-4,7,10-13,26,28H,5-6,8-9,14H2,1H3. The summed E-state index contributed by atoms with van der Waals surface area (Å²) in [5.41, 5.74) is 4.78. The van der Waals surface area contributed by atoms with Crippen LogP contribution in [-0.4, -0.2) is 48.2 Å². The van der Waals surface area contributed by atoms with Gasteiger partial charge in [-0.05, 0) is 55.2 Å². The molecule has 1 fully saturated rings. The Morgan fingerprint density at radius 3 is 2.58 bits per heavy atom. The zero-order valence-corrected chi connectivity index (χ0v) is 17.9. The van der Waals surface area contributed by atoms with Crippen LogP contribution in [0.5, 0.6) is 0 Å². The quantitative estimate of drug-likeness (QED) is 0.609. The predicted molar refractivity (Wildman–Crippen MR) is 117 cm³/mol. The van der Waals surface area contributed by atoms with Gasteiger partial charge in [0.1, 0.15) is 0 Å². The van der Waals surface area contributed by atoms with Crippen molar-refractivity contribution >= 4 is 21.7 Å². The first-order valence-electron chi connectivity index (χ1n) is 10.2. The van der Waals surface area contributed by atoms with Crippen LogP contribution in [0.2, 0.25) is 0 Å². The van der Waals surface area contributed by atoms with Crippen molar-refractivity contribution in [3.05, 3.63) is 60.0 Å². The average molecular weight is 438 g/mol. The lowest BCUT2D eigenvalue weighted by Crippen LogP contribution is -2.26. The number of sulfonamides is 1. The summed E-state index contributed by atoms with van der Waals surface area (Å²) >= 11 is 0. The van der Waals surface area contributed by atoms with Gasteiger partial charge in [0.2, 0.25) is 16.0 Å². The van der Waals surface area contributed by atoms with Crippen LogP contribution in [0, 0.1) is 6.92 Å². The Morgan fingerprint density at radius 1 is 1.13 bits per heavy atom. The highest BCUT2D eigenvalue weighted by molar-refractivity contribution is 7.89. The second-order valence-corrected chi connectivity index (χ2v) is 9.92. The van der Waals surface area contributed by atoms with E-state index in [0.29, 0.717) is 5.95 Å². The molecular formula is C22H23N5O3S. The molecule has 0 radical (unpaired) electrons. The SMILES string of the molecule is Cc1ccnc(-c2cnc(N3CC4(CC4)c4ccc(S(=O)(=O)NCCO)cc43)nc2)c1. The van der Waals surface area contributed by atoms with Crippen molar-refractivity contribution in [2.45, 2.75) is 30.1 Å². The van der Waals surface area contributed by atoms with Gasteiger partial charge in [0, 0.05) is 48.3 Å². The lowest BCUT2D eigenvalue weighted by atomic mass is 9.99. The highest BCUT2D eigenvalue weighted by Gasteiger charge is 2.52. The lowest BCUT2D eigenvalue weighted by Gasteiger charge is -2.18. The molecular weight excluding hydrogens is 414 g/mol. The summed E-state index contributed by atoms with van der Waals surface area (Å²) in [4.78, 5) is 15.7. The third-order valence-corrected chi connectivity index (χ3v) is 7.41. The number of hydrogen-bond acceptors (Lipinski definition) is 7. The molecule has 2 aromatic heterocycles. The molecule has 2 N–H and O–H groups in total. The topological polar surface area (TPSA) is 108 Å². The number of nitrogens with zero attached hydrogens (tertiary/aromatic N) is 4. The number of aryl methyl sites for hydroxylation is 1. The number of fused-ring (bicyclic) bond motifs is 2. The van der Waals surface area contributed by atoms with Crippen LogP contribution < -0.4 is 9.62 Å². The van der Waals surface area contributed by atoms with E-state index in [1.54, 1.807) is 30.7 Å². The van der Waals surface area contributed by atoms with Gasteiger partial charge < -0.3 is 10.0 Å². The zero-order valence-electron chi connectivity index (χ0n) is 17.1. The number of aromatic nitrogens is 3. The minimum atomic E-state index is -3.70. The third kappa shape index (κ3) is 3.58. The Morgan fingerprint density at radius 2 is 1.90 bits per heavy atom. The van der Waals surface area contributed by atoms with Crippen molar-refractivity contribution in [1.82, 2.24) is 19.7 Å². The molecule has 0 bridgehead atoms. The van der Waals surface area contributed by atoms with Crippen molar-refractivity contribution in [1.29, 1.82) is 0 Å². The predicted octanol–water partition coefficient (Wildman–Crippen LogP) is 2.30. The largest absolute Gasteiger partial charge is 0.395 e. The van der Waals surface area contributed by atoms with Gasteiger partial charge >= 0.3 is 0 Å². The second kappa shape index (κ2) is 7.37. The summed E-state index contributed by atoms with van der Waals surface area (Å²) in [5.74, 6) is 0.541. The van der Waals surface area contributed by atoms with Crippen molar-refractivity contribution in [2.24, 2.45) is 0 Å². The molecule has 1 spiro atoms. The number of rotatable bonds is 6. The van der Waals surface area contributed by atoms with Crippen molar-refractivity contribution in [3.8, 4) is 11.3 Å². The van der Waals surface area contributed by atoms with E-state index < -0.39 is 10.0 Å². The van der Waals surface area contributed by atoms with E-state index in [-0.39, 0.29) is 23.5 Å². The van der Waals surface area contributed by atoms with Crippen LogP contribution in [0.1, 0.15) is 24.0 Å². The minimum Gasteiger partial charge on any atom is -0.395 e. The molecule has 31 heavy (non-hydrogen) atoms. The molecule has 0 saturated heterocycles. The fraction of sp³-hybridized carbons (Fsp3) is 0.318. The first-order chi connectivity index (χ1) is 14.9. The van der Waals surface area contributed by atoms with Crippen LogP contribution in [0.4, 0.5) is 11.6 Å². The molecule has 0 atom stereocenters. The van der Waals surface area contributed by atoms with E-state index in [4.69, 9.17) is 5.11 Å². The monoisotopic (exact) mass is 437 g/mol. The maximum atomic E-state index is 12.6. The number of pyridine rings is 1. The molecule has 1 aliphatic heterocycles. The summed E-state index contributed by atoms with van der Waals surface area (Å²) in [7, 11) is -3.70. The Bertz CT molecular complexity index is 1240. The molecule has 0 amide bonds. The average Bonchev–Trinajstić information content (AvgIpc) is 3.49. The maximum Gasteiger partial charge on any atom is 0.240 e. The molecule has 3 aromatic rings. The van der Waals surface area contributed by atoms with E-state index in [0.717, 1.165) is 47.5 Å². The first kappa shape index (κ1) is 20.0. The molecule has 0 unspecified atom stereocenters. The van der Waals surface area contributed by atoms with Crippen molar-refractivity contribution < 1.29 is 13.5 Å². The summed E-state index contributed by atoms with van der Waals surface area (Å²) in [6, 6.07) is 9.15. The van der Waals surface area contributed by atoms with Crippen molar-refractivity contribution in [2.75, 3.05) is 24.6 Å². The molecule has 3 heterocycles. The van der Waals surface area contributed by atoms with Crippen LogP contribution >= 0.6 is 0 Å². The van der Waals surface area contributed by atoms with Gasteiger partial charge in [-0.1, -0.05) is 6.07 Å². The molecule has 8 nitrogen and oxygen atoms in total. The number of aliphatic hydroxyl groups is 1. The molecule has 160 valence electrons. The molecule has 2 aliphatic rings. The first-order valence-corrected chi connectivity index (χ1v) is 11.7. The second-order valence-electron chi connectivity index (χ2n) is 8.16. The van der Waals surface area contributed by atoms with E-state index in [1.165, 1.54) is 0 Å². The van der Waals surface area contributed by atoms with Crippen LogP contribution in [0.25, 0.3) is 11.3 Å². The van der Waals surface area contributed by atoms with Crippen LogP contribution in [-0.2, 0) is 15.4 Å². The number of anilines is 2. The normalized spacial score (nSPS) is 16.5. The fourth-order valence-corrected chi connectivity index (χ4v) is 5.17. The highest BCUT2D eigenvalue weighted by atomic mass is 32.2. The van der Waals surface area contributed by atoms with E-state index in [1.807, 2.05) is 30.0 Å². The smallest absolute Gasteiger partial charge is 0.240 e. The molecule has 1 aliphatic carbocycles. The number of aliphatic hydroxyl groups excluding tert-OH is 1. The minimum absolute atomic E-state index is 0.0232.